The Morgan fingerprint density at radius 1 is 0.846 bits per heavy atom. The monoisotopic (exact) mass is 398 g/mol. The molecule has 2 aliphatic carbocycles. The second-order valence-electron chi connectivity index (χ2n) is 8.24. The van der Waals surface area contributed by atoms with Crippen LogP contribution < -0.4 is 0 Å². The minimum absolute atomic E-state index is 0.0752. The second kappa shape index (κ2) is 9.76. The van der Waals surface area contributed by atoms with Crippen molar-refractivity contribution in [3.8, 4) is 0 Å². The van der Waals surface area contributed by atoms with E-state index in [0.717, 1.165) is 37.5 Å². The summed E-state index contributed by atoms with van der Waals surface area (Å²) in [7, 11) is -5.45. The fourth-order valence-electron chi connectivity index (χ4n) is 4.71. The normalized spacial score (nSPS) is 31.1. The zero-order chi connectivity index (χ0) is 19.2. The maximum Gasteiger partial charge on any atom is 0.523 e. The maximum atomic E-state index is 12.3. The van der Waals surface area contributed by atoms with Crippen molar-refractivity contribution in [3.05, 3.63) is 0 Å². The van der Waals surface area contributed by atoms with Crippen molar-refractivity contribution in [1.82, 2.24) is 0 Å². The SMILES string of the molecule is CCCCCC1CCC(C2CCC(COS(=O)(=O)C(F)(F)F)CC2)CC1. The van der Waals surface area contributed by atoms with Crippen LogP contribution in [0.4, 0.5) is 13.2 Å². The van der Waals surface area contributed by atoms with Gasteiger partial charge in [-0.3, -0.25) is 4.18 Å². The van der Waals surface area contributed by atoms with Crippen molar-refractivity contribution in [2.24, 2.45) is 23.7 Å². The standard InChI is InChI=1S/C19H33F3O3S/c1-2-3-4-5-15-6-10-17(11-7-15)18-12-8-16(9-13-18)14-25-26(23,24)19(20,21)22/h15-18H,2-14H2,1H3. The van der Waals surface area contributed by atoms with Gasteiger partial charge in [-0.25, -0.2) is 0 Å². The van der Waals surface area contributed by atoms with E-state index in [2.05, 4.69) is 11.1 Å². The van der Waals surface area contributed by atoms with Crippen molar-refractivity contribution in [2.75, 3.05) is 6.61 Å². The predicted molar refractivity (Wildman–Crippen MR) is 96.0 cm³/mol. The lowest BCUT2D eigenvalue weighted by atomic mass is 9.69. The van der Waals surface area contributed by atoms with E-state index in [9.17, 15) is 21.6 Å². The Hall–Kier alpha value is -0.300. The molecular weight excluding hydrogens is 365 g/mol. The fraction of sp³-hybridized carbons (Fsp3) is 1.00. The highest BCUT2D eigenvalue weighted by Crippen LogP contribution is 2.42. The first-order valence-corrected chi connectivity index (χ1v) is 11.6. The predicted octanol–water partition coefficient (Wildman–Crippen LogP) is 6.05. The third kappa shape index (κ3) is 6.39. The maximum absolute atomic E-state index is 12.3. The fourth-order valence-corrected chi connectivity index (χ4v) is 5.22. The quantitative estimate of drug-likeness (QED) is 0.284. The summed E-state index contributed by atoms with van der Waals surface area (Å²) in [4.78, 5) is 0. The van der Waals surface area contributed by atoms with E-state index in [0.29, 0.717) is 5.92 Å². The van der Waals surface area contributed by atoms with Crippen LogP contribution in [0.15, 0.2) is 0 Å². The second-order valence-corrected chi connectivity index (χ2v) is 9.85. The first-order valence-electron chi connectivity index (χ1n) is 10.2. The Balaban J connectivity index is 1.66. The summed E-state index contributed by atoms with van der Waals surface area (Å²) < 4.78 is 63.1. The molecule has 0 N–H and O–H groups in total. The molecule has 3 nitrogen and oxygen atoms in total. The van der Waals surface area contributed by atoms with Crippen molar-refractivity contribution in [3.63, 3.8) is 0 Å². The van der Waals surface area contributed by atoms with Gasteiger partial charge in [-0.2, -0.15) is 21.6 Å². The first-order chi connectivity index (χ1) is 12.2. The zero-order valence-corrected chi connectivity index (χ0v) is 16.6. The van der Waals surface area contributed by atoms with Gasteiger partial charge in [-0.05, 0) is 62.2 Å². The number of alkyl halides is 3. The summed E-state index contributed by atoms with van der Waals surface area (Å²) in [6.45, 7) is 1.90. The summed E-state index contributed by atoms with van der Waals surface area (Å²) in [5, 5.41) is 0. The summed E-state index contributed by atoms with van der Waals surface area (Å²) in [5.74, 6) is 2.21. The summed E-state index contributed by atoms with van der Waals surface area (Å²) in [5.41, 5.74) is -5.32. The molecule has 0 heterocycles. The van der Waals surface area contributed by atoms with Gasteiger partial charge in [-0.1, -0.05) is 45.4 Å². The van der Waals surface area contributed by atoms with E-state index < -0.39 is 15.6 Å². The van der Waals surface area contributed by atoms with Crippen LogP contribution in [0, 0.1) is 23.7 Å². The molecule has 0 bridgehead atoms. The molecule has 2 aliphatic rings. The molecule has 2 saturated carbocycles. The van der Waals surface area contributed by atoms with Gasteiger partial charge in [0.15, 0.2) is 0 Å². The summed E-state index contributed by atoms with van der Waals surface area (Å²) in [6.07, 6.45) is 14.0. The van der Waals surface area contributed by atoms with E-state index in [4.69, 9.17) is 0 Å². The lowest BCUT2D eigenvalue weighted by Crippen LogP contribution is -2.30. The smallest absolute Gasteiger partial charge is 0.263 e. The highest BCUT2D eigenvalue weighted by Gasteiger charge is 2.47. The Bertz CT molecular complexity index is 503. The van der Waals surface area contributed by atoms with E-state index in [1.165, 1.54) is 51.4 Å². The lowest BCUT2D eigenvalue weighted by Gasteiger charge is -2.37. The molecule has 0 spiro atoms. The molecule has 0 aromatic rings. The zero-order valence-electron chi connectivity index (χ0n) is 15.8. The number of unbranched alkanes of at least 4 members (excludes halogenated alkanes) is 2. The lowest BCUT2D eigenvalue weighted by molar-refractivity contribution is -0.0555. The van der Waals surface area contributed by atoms with Gasteiger partial charge in [0.05, 0.1) is 6.61 Å². The van der Waals surface area contributed by atoms with Gasteiger partial charge in [-0.15, -0.1) is 0 Å². The average Bonchev–Trinajstić information content (AvgIpc) is 2.60. The van der Waals surface area contributed by atoms with Gasteiger partial charge in [0.1, 0.15) is 0 Å². The van der Waals surface area contributed by atoms with Gasteiger partial charge < -0.3 is 0 Å². The third-order valence-electron chi connectivity index (χ3n) is 6.41. The molecule has 0 atom stereocenters. The molecule has 7 heteroatoms. The van der Waals surface area contributed by atoms with Gasteiger partial charge in [0.2, 0.25) is 0 Å². The van der Waals surface area contributed by atoms with Crippen LogP contribution >= 0.6 is 0 Å². The van der Waals surface area contributed by atoms with Crippen molar-refractivity contribution in [1.29, 1.82) is 0 Å². The van der Waals surface area contributed by atoms with Crippen LogP contribution in [0.25, 0.3) is 0 Å². The molecule has 0 radical (unpaired) electrons. The molecule has 0 unspecified atom stereocenters. The molecule has 0 saturated heterocycles. The van der Waals surface area contributed by atoms with Crippen LogP contribution in [-0.4, -0.2) is 20.5 Å². The van der Waals surface area contributed by atoms with Gasteiger partial charge >= 0.3 is 15.6 Å². The molecule has 2 rings (SSSR count). The van der Waals surface area contributed by atoms with Crippen LogP contribution in [0.2, 0.25) is 0 Å². The van der Waals surface area contributed by atoms with Crippen molar-refractivity contribution < 1.29 is 25.8 Å². The Morgan fingerprint density at radius 3 is 1.81 bits per heavy atom. The van der Waals surface area contributed by atoms with Gasteiger partial charge in [0, 0.05) is 0 Å². The number of hydrogen-bond donors (Lipinski definition) is 0. The molecule has 0 aromatic carbocycles. The largest absolute Gasteiger partial charge is 0.523 e. The van der Waals surface area contributed by atoms with E-state index in [-0.39, 0.29) is 12.5 Å². The molecular formula is C19H33F3O3S. The average molecular weight is 399 g/mol. The van der Waals surface area contributed by atoms with E-state index >= 15 is 0 Å². The summed E-state index contributed by atoms with van der Waals surface area (Å²) >= 11 is 0. The number of halogens is 3. The molecule has 26 heavy (non-hydrogen) atoms. The van der Waals surface area contributed by atoms with Crippen molar-refractivity contribution in [2.45, 2.75) is 89.5 Å². The molecule has 154 valence electrons. The minimum atomic E-state index is -5.45. The van der Waals surface area contributed by atoms with E-state index in [1.54, 1.807) is 0 Å². The Morgan fingerprint density at radius 2 is 1.35 bits per heavy atom. The summed E-state index contributed by atoms with van der Waals surface area (Å²) in [6, 6.07) is 0. The molecule has 2 fully saturated rings. The molecule has 0 amide bonds. The van der Waals surface area contributed by atoms with Crippen LogP contribution in [0.3, 0.4) is 0 Å². The highest BCUT2D eigenvalue weighted by atomic mass is 32.2. The molecule has 0 aliphatic heterocycles. The van der Waals surface area contributed by atoms with E-state index in [1.807, 2.05) is 0 Å². The Kier molecular flexibility index (Phi) is 8.26. The molecule has 0 aromatic heterocycles. The number of rotatable bonds is 8. The Labute approximate surface area is 156 Å². The third-order valence-corrected chi connectivity index (χ3v) is 7.42. The van der Waals surface area contributed by atoms with Gasteiger partial charge in [0.25, 0.3) is 0 Å². The van der Waals surface area contributed by atoms with Crippen LogP contribution in [-0.2, 0) is 14.3 Å². The van der Waals surface area contributed by atoms with Crippen LogP contribution in [0.1, 0.15) is 84.0 Å². The topological polar surface area (TPSA) is 43.4 Å². The first kappa shape index (κ1) is 22.0. The van der Waals surface area contributed by atoms with Crippen LogP contribution in [0.5, 0.6) is 0 Å². The minimum Gasteiger partial charge on any atom is -0.263 e. The van der Waals surface area contributed by atoms with Crippen molar-refractivity contribution >= 4 is 10.1 Å². The number of hydrogen-bond acceptors (Lipinski definition) is 3. The highest BCUT2D eigenvalue weighted by molar-refractivity contribution is 7.87.